The molecule has 0 nitrogen and oxygen atoms in total. The van der Waals surface area contributed by atoms with Crippen molar-refractivity contribution in [2.75, 3.05) is 0 Å². The Morgan fingerprint density at radius 3 is 1.45 bits per heavy atom. The Labute approximate surface area is 126 Å². The van der Waals surface area contributed by atoms with Gasteiger partial charge in [-0.1, -0.05) is 83.2 Å². The van der Waals surface area contributed by atoms with Crippen molar-refractivity contribution in [2.45, 2.75) is 23.9 Å². The van der Waals surface area contributed by atoms with Crippen LogP contribution in [-0.4, -0.2) is 19.0 Å². The number of benzene rings is 1. The first-order chi connectivity index (χ1) is 9.90. The average Bonchev–Trinajstić information content (AvgIpc) is 2.51. The van der Waals surface area contributed by atoms with Gasteiger partial charge < -0.3 is 0 Å². The highest BCUT2D eigenvalue weighted by Crippen LogP contribution is 2.17. The third kappa shape index (κ3) is 3.81. The highest BCUT2D eigenvalue weighted by molar-refractivity contribution is 6.57. The molecule has 0 aliphatic heterocycles. The molecule has 0 radical (unpaired) electrons. The van der Waals surface area contributed by atoms with E-state index >= 15 is 0 Å². The van der Waals surface area contributed by atoms with Crippen molar-refractivity contribution in [1.82, 2.24) is 0 Å². The minimum absolute atomic E-state index is 0.152. The van der Waals surface area contributed by atoms with E-state index in [-0.39, 0.29) is 19.0 Å². The monoisotopic (exact) mass is 294 g/mol. The summed E-state index contributed by atoms with van der Waals surface area (Å²) in [5, 5.41) is 3.23. The summed E-state index contributed by atoms with van der Waals surface area (Å²) in [6.07, 6.45) is 20.7. The lowest BCUT2D eigenvalue weighted by molar-refractivity contribution is 1.02. The van der Waals surface area contributed by atoms with E-state index in [1.807, 2.05) is 0 Å². The Hall–Kier alpha value is -1.39. The standard InChI is InChI=1S/C18H22Si2/c1-3-7-15(8-4-1)19-17-11-13-18(14-12-17)20-16-9-5-2-6-10-16/h1-7,9,11-16H,8,10,19-20H2. The summed E-state index contributed by atoms with van der Waals surface area (Å²) in [5.41, 5.74) is 1.66. The molecule has 102 valence electrons. The van der Waals surface area contributed by atoms with Gasteiger partial charge in [-0.3, -0.25) is 0 Å². The molecule has 1 aromatic rings. The molecule has 2 heteroatoms. The molecule has 0 spiro atoms. The van der Waals surface area contributed by atoms with Crippen LogP contribution in [-0.2, 0) is 0 Å². The second-order valence-corrected chi connectivity index (χ2v) is 10.4. The Bertz CT molecular complexity index is 498. The fourth-order valence-corrected chi connectivity index (χ4v) is 6.51. The van der Waals surface area contributed by atoms with Crippen LogP contribution in [0.3, 0.4) is 0 Å². The Kier molecular flexibility index (Phi) is 4.66. The summed E-state index contributed by atoms with van der Waals surface area (Å²) in [6, 6.07) is 9.62. The summed E-state index contributed by atoms with van der Waals surface area (Å²) in [7, 11) is -0.303. The molecule has 0 N–H and O–H groups in total. The molecule has 0 heterocycles. The van der Waals surface area contributed by atoms with Crippen LogP contribution in [0.15, 0.2) is 72.9 Å². The van der Waals surface area contributed by atoms with Gasteiger partial charge in [0.15, 0.2) is 0 Å². The van der Waals surface area contributed by atoms with Gasteiger partial charge in [0.2, 0.25) is 0 Å². The van der Waals surface area contributed by atoms with Crippen LogP contribution in [0.1, 0.15) is 12.8 Å². The molecule has 3 rings (SSSR count). The smallest absolute Gasteiger partial charge is 0.0620 e. The van der Waals surface area contributed by atoms with E-state index in [4.69, 9.17) is 0 Å². The van der Waals surface area contributed by atoms with Crippen LogP contribution >= 0.6 is 0 Å². The Morgan fingerprint density at radius 1 is 0.650 bits per heavy atom. The van der Waals surface area contributed by atoms with Crippen LogP contribution in [0.2, 0.25) is 11.1 Å². The molecule has 2 atom stereocenters. The van der Waals surface area contributed by atoms with Crippen LogP contribution in [0.25, 0.3) is 0 Å². The molecule has 0 aromatic heterocycles. The third-order valence-electron chi connectivity index (χ3n) is 4.16. The highest BCUT2D eigenvalue weighted by atomic mass is 28.2. The fraction of sp³-hybridized carbons (Fsp3) is 0.222. The number of rotatable bonds is 4. The quantitative estimate of drug-likeness (QED) is 0.744. The minimum Gasteiger partial charge on any atom is -0.0843 e. The van der Waals surface area contributed by atoms with Crippen molar-refractivity contribution in [1.29, 1.82) is 0 Å². The molecular formula is C18H22Si2. The molecule has 0 saturated heterocycles. The largest absolute Gasteiger partial charge is 0.0843 e. The van der Waals surface area contributed by atoms with Crippen molar-refractivity contribution >= 4 is 29.4 Å². The van der Waals surface area contributed by atoms with Gasteiger partial charge in [0, 0.05) is 0 Å². The van der Waals surface area contributed by atoms with Crippen LogP contribution < -0.4 is 10.4 Å². The summed E-state index contributed by atoms with van der Waals surface area (Å²) < 4.78 is 0. The first-order valence-electron chi connectivity index (χ1n) is 7.64. The van der Waals surface area contributed by atoms with Gasteiger partial charge in [0.25, 0.3) is 0 Å². The molecule has 1 aromatic carbocycles. The lowest BCUT2D eigenvalue weighted by Crippen LogP contribution is -2.24. The maximum atomic E-state index is 2.41. The van der Waals surface area contributed by atoms with E-state index in [0.29, 0.717) is 0 Å². The normalized spacial score (nSPS) is 25.4. The van der Waals surface area contributed by atoms with Crippen LogP contribution in [0.5, 0.6) is 0 Å². The molecule has 2 unspecified atom stereocenters. The van der Waals surface area contributed by atoms with Gasteiger partial charge in [-0.15, -0.1) is 0 Å². The maximum absolute atomic E-state index is 2.41. The molecule has 2 aliphatic carbocycles. The predicted octanol–water partition coefficient (Wildman–Crippen LogP) is 1.88. The van der Waals surface area contributed by atoms with E-state index in [0.717, 1.165) is 11.1 Å². The fourth-order valence-electron chi connectivity index (χ4n) is 2.98. The molecule has 0 amide bonds. The zero-order valence-corrected chi connectivity index (χ0v) is 14.7. The zero-order chi connectivity index (χ0) is 13.6. The Balaban J connectivity index is 1.57. The van der Waals surface area contributed by atoms with Gasteiger partial charge >= 0.3 is 0 Å². The van der Waals surface area contributed by atoms with Crippen molar-refractivity contribution in [3.05, 3.63) is 72.9 Å². The van der Waals surface area contributed by atoms with E-state index in [2.05, 4.69) is 72.9 Å². The van der Waals surface area contributed by atoms with E-state index in [9.17, 15) is 0 Å². The molecular weight excluding hydrogens is 272 g/mol. The number of allylic oxidation sites excluding steroid dienone is 8. The van der Waals surface area contributed by atoms with E-state index in [1.165, 1.54) is 12.8 Å². The average molecular weight is 295 g/mol. The Morgan fingerprint density at radius 2 is 1.10 bits per heavy atom. The second-order valence-electron chi connectivity index (χ2n) is 5.84. The molecule has 0 fully saturated rings. The molecule has 0 bridgehead atoms. The van der Waals surface area contributed by atoms with Gasteiger partial charge in [0.05, 0.1) is 19.0 Å². The lowest BCUT2D eigenvalue weighted by atomic mass is 10.2. The van der Waals surface area contributed by atoms with Gasteiger partial charge in [-0.25, -0.2) is 0 Å². The SMILES string of the molecule is C1=CCC([SiH2]c2ccc([SiH2]C3C=CC=CC3)cc2)C=C1. The predicted molar refractivity (Wildman–Crippen MR) is 96.1 cm³/mol. The third-order valence-corrected chi connectivity index (χ3v) is 8.30. The van der Waals surface area contributed by atoms with Crippen molar-refractivity contribution in [3.63, 3.8) is 0 Å². The van der Waals surface area contributed by atoms with Gasteiger partial charge in [-0.2, -0.15) is 0 Å². The zero-order valence-electron chi connectivity index (χ0n) is 11.9. The minimum atomic E-state index is -0.152. The van der Waals surface area contributed by atoms with Crippen molar-refractivity contribution in [3.8, 4) is 0 Å². The maximum Gasteiger partial charge on any atom is 0.0620 e. The van der Waals surface area contributed by atoms with Crippen LogP contribution in [0, 0.1) is 0 Å². The second kappa shape index (κ2) is 6.86. The van der Waals surface area contributed by atoms with Crippen LogP contribution in [0.4, 0.5) is 0 Å². The summed E-state index contributed by atoms with van der Waals surface area (Å²) in [4.78, 5) is 0. The molecule has 2 aliphatic rings. The number of hydrogen-bond donors (Lipinski definition) is 0. The van der Waals surface area contributed by atoms with Crippen molar-refractivity contribution < 1.29 is 0 Å². The molecule has 20 heavy (non-hydrogen) atoms. The number of hydrogen-bond acceptors (Lipinski definition) is 0. The topological polar surface area (TPSA) is 0 Å². The van der Waals surface area contributed by atoms with E-state index < -0.39 is 0 Å². The van der Waals surface area contributed by atoms with Crippen molar-refractivity contribution in [2.24, 2.45) is 0 Å². The first-order valence-corrected chi connectivity index (χ1v) is 10.7. The first kappa shape index (κ1) is 13.6. The molecule has 0 saturated carbocycles. The summed E-state index contributed by atoms with van der Waals surface area (Å²) in [5.74, 6) is 0. The van der Waals surface area contributed by atoms with Gasteiger partial charge in [0.1, 0.15) is 0 Å². The lowest BCUT2D eigenvalue weighted by Gasteiger charge is -2.14. The highest BCUT2D eigenvalue weighted by Gasteiger charge is 2.09. The van der Waals surface area contributed by atoms with Gasteiger partial charge in [-0.05, 0) is 23.9 Å². The summed E-state index contributed by atoms with van der Waals surface area (Å²) >= 11 is 0. The summed E-state index contributed by atoms with van der Waals surface area (Å²) in [6.45, 7) is 0. The van der Waals surface area contributed by atoms with E-state index in [1.54, 1.807) is 10.4 Å².